The number of carboxylic acid groups (broad SMARTS) is 1. The van der Waals surface area contributed by atoms with Crippen molar-refractivity contribution in [3.05, 3.63) is 0 Å². The largest absolute Gasteiger partial charge is 0.480 e. The molecule has 1 rings (SSSR count). The molecule has 1 saturated heterocycles. The Hall–Kier alpha value is -1.30. The molecule has 1 aliphatic rings. The number of nitrogens with one attached hydrogen (secondary N) is 1. The van der Waals surface area contributed by atoms with Gasteiger partial charge in [0.1, 0.15) is 6.04 Å². The number of amides is 2. The second-order valence-corrected chi connectivity index (χ2v) is 4.39. The topological polar surface area (TPSA) is 78.9 Å². The Morgan fingerprint density at radius 1 is 1.44 bits per heavy atom. The van der Waals surface area contributed by atoms with Gasteiger partial charge in [0.25, 0.3) is 0 Å². The van der Waals surface area contributed by atoms with Crippen LogP contribution in [0.5, 0.6) is 0 Å². The van der Waals surface area contributed by atoms with E-state index in [2.05, 4.69) is 12.2 Å². The van der Waals surface area contributed by atoms with Crippen LogP contribution in [0.3, 0.4) is 0 Å². The van der Waals surface area contributed by atoms with E-state index in [0.717, 1.165) is 19.3 Å². The van der Waals surface area contributed by atoms with Crippen LogP contribution in [0.2, 0.25) is 0 Å². The fraction of sp³-hybridized carbons (Fsp3) is 0.833. The first-order valence-electron chi connectivity index (χ1n) is 6.51. The number of unbranched alkanes of at least 4 members (excludes halogenated alkanes) is 1. The maximum atomic E-state index is 11.7. The van der Waals surface area contributed by atoms with E-state index in [0.29, 0.717) is 32.7 Å². The molecule has 0 radical (unpaired) electrons. The summed E-state index contributed by atoms with van der Waals surface area (Å²) in [5.41, 5.74) is 0. The van der Waals surface area contributed by atoms with Gasteiger partial charge in [0.15, 0.2) is 0 Å². The molecular weight excluding hydrogens is 236 g/mol. The lowest BCUT2D eigenvalue weighted by Crippen LogP contribution is -2.46. The Bertz CT molecular complexity index is 283. The molecule has 0 bridgehead atoms. The van der Waals surface area contributed by atoms with Gasteiger partial charge in [0, 0.05) is 19.7 Å². The van der Waals surface area contributed by atoms with Crippen LogP contribution in [0.25, 0.3) is 0 Å². The minimum absolute atomic E-state index is 0.306. The molecule has 0 aromatic rings. The Kier molecular flexibility index (Phi) is 6.49. The van der Waals surface area contributed by atoms with Crippen molar-refractivity contribution in [2.45, 2.75) is 38.6 Å². The molecule has 2 amide bonds. The number of carboxylic acids is 1. The maximum Gasteiger partial charge on any atom is 0.326 e. The third-order valence-electron chi connectivity index (χ3n) is 2.96. The van der Waals surface area contributed by atoms with E-state index in [-0.39, 0.29) is 6.03 Å². The summed E-state index contributed by atoms with van der Waals surface area (Å²) < 4.78 is 5.31. The van der Waals surface area contributed by atoms with E-state index in [1.807, 2.05) is 0 Å². The third-order valence-corrected chi connectivity index (χ3v) is 2.96. The van der Waals surface area contributed by atoms with Crippen LogP contribution in [0.15, 0.2) is 0 Å². The standard InChI is InChI=1S/C12H22N2O4/c1-2-3-8-18-9-6-13-12(17)14-7-4-5-10(14)11(15)16/h10H,2-9H2,1H3,(H,13,17)(H,15,16). The summed E-state index contributed by atoms with van der Waals surface area (Å²) in [4.78, 5) is 24.0. The fourth-order valence-electron chi connectivity index (χ4n) is 1.95. The normalized spacial score (nSPS) is 18.9. The molecule has 1 aliphatic heterocycles. The van der Waals surface area contributed by atoms with Crippen LogP contribution in [-0.4, -0.2) is 54.4 Å². The van der Waals surface area contributed by atoms with Crippen molar-refractivity contribution in [1.29, 1.82) is 0 Å². The molecule has 1 atom stereocenters. The van der Waals surface area contributed by atoms with Gasteiger partial charge in [-0.25, -0.2) is 9.59 Å². The van der Waals surface area contributed by atoms with E-state index in [1.165, 1.54) is 4.90 Å². The van der Waals surface area contributed by atoms with Gasteiger partial charge in [-0.3, -0.25) is 0 Å². The highest BCUT2D eigenvalue weighted by Gasteiger charge is 2.33. The molecule has 1 heterocycles. The smallest absolute Gasteiger partial charge is 0.326 e. The molecule has 104 valence electrons. The molecular formula is C12H22N2O4. The van der Waals surface area contributed by atoms with Gasteiger partial charge in [-0.15, -0.1) is 0 Å². The van der Waals surface area contributed by atoms with Crippen LogP contribution >= 0.6 is 0 Å². The average Bonchev–Trinajstić information content (AvgIpc) is 2.82. The molecule has 0 aliphatic carbocycles. The number of rotatable bonds is 7. The number of ether oxygens (including phenoxy) is 1. The predicted octanol–water partition coefficient (Wildman–Crippen LogP) is 1.06. The van der Waals surface area contributed by atoms with Crippen LogP contribution in [0.4, 0.5) is 4.79 Å². The van der Waals surface area contributed by atoms with Gasteiger partial charge in [-0.05, 0) is 19.3 Å². The minimum Gasteiger partial charge on any atom is -0.480 e. The molecule has 0 spiro atoms. The maximum absolute atomic E-state index is 11.7. The number of urea groups is 1. The Labute approximate surface area is 107 Å². The van der Waals surface area contributed by atoms with Crippen molar-refractivity contribution in [3.63, 3.8) is 0 Å². The second kappa shape index (κ2) is 7.92. The lowest BCUT2D eigenvalue weighted by Gasteiger charge is -2.21. The van der Waals surface area contributed by atoms with Crippen LogP contribution in [0, 0.1) is 0 Å². The fourth-order valence-corrected chi connectivity index (χ4v) is 1.95. The lowest BCUT2D eigenvalue weighted by molar-refractivity contribution is -0.141. The van der Waals surface area contributed by atoms with Crippen molar-refractivity contribution in [2.75, 3.05) is 26.3 Å². The van der Waals surface area contributed by atoms with Crippen LogP contribution in [0.1, 0.15) is 32.6 Å². The quantitative estimate of drug-likeness (QED) is 0.669. The van der Waals surface area contributed by atoms with Gasteiger partial charge in [0.2, 0.25) is 0 Å². The summed E-state index contributed by atoms with van der Waals surface area (Å²) in [6, 6.07) is -0.981. The highest BCUT2D eigenvalue weighted by Crippen LogP contribution is 2.16. The molecule has 6 nitrogen and oxygen atoms in total. The van der Waals surface area contributed by atoms with E-state index in [1.54, 1.807) is 0 Å². The number of aliphatic carboxylic acids is 1. The number of hydrogen-bond donors (Lipinski definition) is 2. The van der Waals surface area contributed by atoms with E-state index >= 15 is 0 Å². The molecule has 1 fully saturated rings. The molecule has 0 saturated carbocycles. The highest BCUT2D eigenvalue weighted by atomic mass is 16.5. The average molecular weight is 258 g/mol. The molecule has 1 unspecified atom stereocenters. The summed E-state index contributed by atoms with van der Waals surface area (Å²) >= 11 is 0. The molecule has 6 heteroatoms. The first-order chi connectivity index (χ1) is 8.66. The van der Waals surface area contributed by atoms with Gasteiger partial charge < -0.3 is 20.1 Å². The summed E-state index contributed by atoms with van der Waals surface area (Å²) in [7, 11) is 0. The predicted molar refractivity (Wildman–Crippen MR) is 66.5 cm³/mol. The highest BCUT2D eigenvalue weighted by molar-refractivity contribution is 5.83. The van der Waals surface area contributed by atoms with Crippen molar-refractivity contribution < 1.29 is 19.4 Å². The number of carbonyl (C=O) groups excluding carboxylic acids is 1. The van der Waals surface area contributed by atoms with E-state index in [4.69, 9.17) is 9.84 Å². The first kappa shape index (κ1) is 14.8. The summed E-state index contributed by atoms with van der Waals surface area (Å²) in [5, 5.41) is 11.6. The van der Waals surface area contributed by atoms with Crippen molar-refractivity contribution in [3.8, 4) is 0 Å². The summed E-state index contributed by atoms with van der Waals surface area (Å²) in [6.45, 7) is 4.20. The number of hydrogen-bond acceptors (Lipinski definition) is 3. The Balaban J connectivity index is 2.18. The molecule has 18 heavy (non-hydrogen) atoms. The van der Waals surface area contributed by atoms with Gasteiger partial charge in [-0.1, -0.05) is 13.3 Å². The minimum atomic E-state index is -0.929. The SMILES string of the molecule is CCCCOCCNC(=O)N1CCCC1C(=O)O. The molecule has 0 aromatic heterocycles. The zero-order valence-electron chi connectivity index (χ0n) is 10.9. The number of nitrogens with zero attached hydrogens (tertiary/aromatic N) is 1. The number of likely N-dealkylation sites (tertiary alicyclic amines) is 1. The summed E-state index contributed by atoms with van der Waals surface area (Å²) in [6.07, 6.45) is 3.38. The third kappa shape index (κ3) is 4.52. The first-order valence-corrected chi connectivity index (χ1v) is 6.51. The van der Waals surface area contributed by atoms with E-state index in [9.17, 15) is 9.59 Å². The van der Waals surface area contributed by atoms with Gasteiger partial charge in [-0.2, -0.15) is 0 Å². The zero-order valence-corrected chi connectivity index (χ0v) is 10.9. The number of carbonyl (C=O) groups is 2. The Morgan fingerprint density at radius 2 is 2.22 bits per heavy atom. The monoisotopic (exact) mass is 258 g/mol. The lowest BCUT2D eigenvalue weighted by atomic mass is 10.2. The van der Waals surface area contributed by atoms with Crippen molar-refractivity contribution >= 4 is 12.0 Å². The van der Waals surface area contributed by atoms with Gasteiger partial charge >= 0.3 is 12.0 Å². The van der Waals surface area contributed by atoms with Crippen LogP contribution < -0.4 is 5.32 Å². The summed E-state index contributed by atoms with van der Waals surface area (Å²) in [5.74, 6) is -0.929. The Morgan fingerprint density at radius 3 is 2.89 bits per heavy atom. The van der Waals surface area contributed by atoms with E-state index < -0.39 is 12.0 Å². The second-order valence-electron chi connectivity index (χ2n) is 4.39. The molecule has 0 aromatic carbocycles. The zero-order chi connectivity index (χ0) is 13.4. The molecule has 2 N–H and O–H groups in total. The van der Waals surface area contributed by atoms with Gasteiger partial charge in [0.05, 0.1) is 6.61 Å². The van der Waals surface area contributed by atoms with Crippen molar-refractivity contribution in [1.82, 2.24) is 10.2 Å². The van der Waals surface area contributed by atoms with Crippen LogP contribution in [-0.2, 0) is 9.53 Å². The van der Waals surface area contributed by atoms with Crippen molar-refractivity contribution in [2.24, 2.45) is 0 Å².